The summed E-state index contributed by atoms with van der Waals surface area (Å²) >= 11 is 0. The molecule has 3 nitrogen and oxygen atoms in total. The van der Waals surface area contributed by atoms with Crippen LogP contribution in [0.2, 0.25) is 0 Å². The first-order valence-electron chi connectivity index (χ1n) is 6.11. The lowest BCUT2D eigenvalue weighted by Crippen LogP contribution is -2.15. The summed E-state index contributed by atoms with van der Waals surface area (Å²) < 4.78 is 5.56. The Bertz CT molecular complexity index is 348. The van der Waals surface area contributed by atoms with Gasteiger partial charge in [-0.3, -0.25) is 0 Å². The van der Waals surface area contributed by atoms with Gasteiger partial charge < -0.3 is 10.1 Å². The minimum Gasteiger partial charge on any atom is -0.478 e. The first-order valence-corrected chi connectivity index (χ1v) is 6.11. The molecular formula is C13H20N2O. The summed E-state index contributed by atoms with van der Waals surface area (Å²) in [6.07, 6.45) is 3.66. The van der Waals surface area contributed by atoms with Crippen LogP contribution in [0.3, 0.4) is 0 Å². The summed E-state index contributed by atoms with van der Waals surface area (Å²) in [7, 11) is 0. The van der Waals surface area contributed by atoms with Gasteiger partial charge in [0, 0.05) is 24.3 Å². The molecule has 0 aliphatic heterocycles. The number of nitrogens with one attached hydrogen (secondary N) is 1. The number of ether oxygens (including phenoxy) is 1. The molecule has 1 aromatic rings. The van der Waals surface area contributed by atoms with Crippen molar-refractivity contribution < 1.29 is 4.74 Å². The van der Waals surface area contributed by atoms with Crippen molar-refractivity contribution in [3.05, 3.63) is 23.4 Å². The molecule has 0 bridgehead atoms. The highest BCUT2D eigenvalue weighted by Gasteiger charge is 2.20. The molecule has 0 atom stereocenters. The fourth-order valence-electron chi connectivity index (χ4n) is 1.64. The number of rotatable bonds is 6. The van der Waals surface area contributed by atoms with Gasteiger partial charge in [0.15, 0.2) is 0 Å². The Kier molecular flexibility index (Phi) is 3.78. The Morgan fingerprint density at radius 3 is 2.94 bits per heavy atom. The number of hydrogen-bond donors (Lipinski definition) is 1. The largest absolute Gasteiger partial charge is 0.478 e. The zero-order chi connectivity index (χ0) is 11.4. The molecule has 0 radical (unpaired) electrons. The van der Waals surface area contributed by atoms with E-state index in [1.54, 1.807) is 0 Å². The van der Waals surface area contributed by atoms with Gasteiger partial charge >= 0.3 is 0 Å². The van der Waals surface area contributed by atoms with Crippen LogP contribution in [0.15, 0.2) is 12.1 Å². The maximum atomic E-state index is 5.56. The van der Waals surface area contributed by atoms with Crippen molar-refractivity contribution in [2.45, 2.75) is 45.7 Å². The molecule has 16 heavy (non-hydrogen) atoms. The second-order valence-electron chi connectivity index (χ2n) is 4.46. The lowest BCUT2D eigenvalue weighted by atomic mass is 10.2. The fraction of sp³-hybridized carbons (Fsp3) is 0.615. The number of aromatic nitrogens is 1. The summed E-state index contributed by atoms with van der Waals surface area (Å²) in [4.78, 5) is 4.36. The van der Waals surface area contributed by atoms with Crippen molar-refractivity contribution in [2.75, 3.05) is 6.61 Å². The summed E-state index contributed by atoms with van der Waals surface area (Å²) in [5.41, 5.74) is 2.30. The van der Waals surface area contributed by atoms with Crippen molar-refractivity contribution in [3.63, 3.8) is 0 Å². The van der Waals surface area contributed by atoms with E-state index in [1.165, 1.54) is 18.4 Å². The Hall–Kier alpha value is -1.09. The van der Waals surface area contributed by atoms with E-state index < -0.39 is 0 Å². The van der Waals surface area contributed by atoms with E-state index in [9.17, 15) is 0 Å². The molecule has 0 unspecified atom stereocenters. The van der Waals surface area contributed by atoms with Crippen molar-refractivity contribution >= 4 is 0 Å². The van der Waals surface area contributed by atoms with E-state index in [1.807, 2.05) is 13.0 Å². The zero-order valence-electron chi connectivity index (χ0n) is 10.1. The van der Waals surface area contributed by atoms with E-state index in [-0.39, 0.29) is 0 Å². The predicted molar refractivity (Wildman–Crippen MR) is 64.6 cm³/mol. The average molecular weight is 220 g/mol. The standard InChI is InChI=1S/C13H20N2O/c1-3-6-16-13-8-11(7-10(2)15-13)9-14-12-4-5-12/h7-8,12,14H,3-6,9H2,1-2H3. The Balaban J connectivity index is 1.96. The van der Waals surface area contributed by atoms with Crippen LogP contribution in [-0.4, -0.2) is 17.6 Å². The molecule has 1 N–H and O–H groups in total. The molecule has 0 spiro atoms. The number of hydrogen-bond acceptors (Lipinski definition) is 3. The first kappa shape index (κ1) is 11.4. The molecule has 0 amide bonds. The number of nitrogens with zero attached hydrogens (tertiary/aromatic N) is 1. The molecule has 1 aromatic heterocycles. The molecule has 0 saturated heterocycles. The highest BCUT2D eigenvalue weighted by Crippen LogP contribution is 2.20. The molecule has 2 rings (SSSR count). The molecule has 3 heteroatoms. The second-order valence-corrected chi connectivity index (χ2v) is 4.46. The fourth-order valence-corrected chi connectivity index (χ4v) is 1.64. The molecule has 1 saturated carbocycles. The SMILES string of the molecule is CCCOc1cc(CNC2CC2)cc(C)n1. The minimum atomic E-state index is 0.742. The monoisotopic (exact) mass is 220 g/mol. The van der Waals surface area contributed by atoms with Crippen LogP contribution in [0.4, 0.5) is 0 Å². The third kappa shape index (κ3) is 3.49. The van der Waals surface area contributed by atoms with Crippen LogP contribution < -0.4 is 10.1 Å². The van der Waals surface area contributed by atoms with Gasteiger partial charge in [-0.1, -0.05) is 6.92 Å². The van der Waals surface area contributed by atoms with Crippen molar-refractivity contribution in [2.24, 2.45) is 0 Å². The maximum absolute atomic E-state index is 5.56. The van der Waals surface area contributed by atoms with Gasteiger partial charge in [-0.05, 0) is 37.8 Å². The molecule has 1 aliphatic carbocycles. The van der Waals surface area contributed by atoms with Crippen molar-refractivity contribution in [1.82, 2.24) is 10.3 Å². The Labute approximate surface area is 97.2 Å². The highest BCUT2D eigenvalue weighted by atomic mass is 16.5. The molecule has 0 aromatic carbocycles. The van der Waals surface area contributed by atoms with Crippen LogP contribution in [0, 0.1) is 6.92 Å². The molecule has 1 aliphatic rings. The van der Waals surface area contributed by atoms with E-state index in [0.717, 1.165) is 37.2 Å². The van der Waals surface area contributed by atoms with Gasteiger partial charge in [-0.15, -0.1) is 0 Å². The quantitative estimate of drug-likeness (QED) is 0.799. The van der Waals surface area contributed by atoms with Crippen LogP contribution in [0.1, 0.15) is 37.4 Å². The Morgan fingerprint density at radius 2 is 2.25 bits per heavy atom. The van der Waals surface area contributed by atoms with Gasteiger partial charge in [0.25, 0.3) is 0 Å². The second kappa shape index (κ2) is 5.30. The van der Waals surface area contributed by atoms with Gasteiger partial charge in [-0.25, -0.2) is 4.98 Å². The topological polar surface area (TPSA) is 34.1 Å². The van der Waals surface area contributed by atoms with Gasteiger partial charge in [-0.2, -0.15) is 0 Å². The molecule has 88 valence electrons. The van der Waals surface area contributed by atoms with Crippen LogP contribution in [0.5, 0.6) is 5.88 Å². The van der Waals surface area contributed by atoms with Crippen LogP contribution >= 0.6 is 0 Å². The predicted octanol–water partition coefficient (Wildman–Crippen LogP) is 2.43. The summed E-state index contributed by atoms with van der Waals surface area (Å²) in [6, 6.07) is 4.90. The summed E-state index contributed by atoms with van der Waals surface area (Å²) in [5.74, 6) is 0.759. The molecule has 1 fully saturated rings. The maximum Gasteiger partial charge on any atom is 0.213 e. The third-order valence-electron chi connectivity index (χ3n) is 2.62. The van der Waals surface area contributed by atoms with E-state index in [4.69, 9.17) is 4.74 Å². The Morgan fingerprint density at radius 1 is 1.44 bits per heavy atom. The van der Waals surface area contributed by atoms with E-state index in [0.29, 0.717) is 0 Å². The van der Waals surface area contributed by atoms with E-state index >= 15 is 0 Å². The normalized spacial score (nSPS) is 15.1. The molecule has 1 heterocycles. The summed E-state index contributed by atoms with van der Waals surface area (Å²) in [5, 5.41) is 3.50. The minimum absolute atomic E-state index is 0.742. The van der Waals surface area contributed by atoms with Gasteiger partial charge in [0.1, 0.15) is 0 Å². The van der Waals surface area contributed by atoms with Gasteiger partial charge in [0.2, 0.25) is 5.88 Å². The van der Waals surface area contributed by atoms with Crippen molar-refractivity contribution in [3.8, 4) is 5.88 Å². The zero-order valence-corrected chi connectivity index (χ0v) is 10.1. The highest BCUT2D eigenvalue weighted by molar-refractivity contribution is 5.24. The number of aryl methyl sites for hydroxylation is 1. The van der Waals surface area contributed by atoms with Crippen LogP contribution in [0.25, 0.3) is 0 Å². The first-order chi connectivity index (χ1) is 7.78. The average Bonchev–Trinajstić information content (AvgIpc) is 3.07. The summed E-state index contributed by atoms with van der Waals surface area (Å²) in [6.45, 7) is 5.78. The van der Waals surface area contributed by atoms with Crippen LogP contribution in [-0.2, 0) is 6.54 Å². The third-order valence-corrected chi connectivity index (χ3v) is 2.62. The van der Waals surface area contributed by atoms with E-state index in [2.05, 4.69) is 23.3 Å². The van der Waals surface area contributed by atoms with Gasteiger partial charge in [0.05, 0.1) is 6.61 Å². The lowest BCUT2D eigenvalue weighted by molar-refractivity contribution is 0.304. The van der Waals surface area contributed by atoms with Crippen molar-refractivity contribution in [1.29, 1.82) is 0 Å². The number of pyridine rings is 1. The lowest BCUT2D eigenvalue weighted by Gasteiger charge is -2.08. The molecular weight excluding hydrogens is 200 g/mol. The smallest absolute Gasteiger partial charge is 0.213 e.